The molecule has 140 valence electrons. The summed E-state index contributed by atoms with van der Waals surface area (Å²) in [6.45, 7) is 1.74. The van der Waals surface area contributed by atoms with E-state index in [1.165, 1.54) is 17.5 Å². The molecule has 0 spiro atoms. The molecule has 0 unspecified atom stereocenters. The van der Waals surface area contributed by atoms with Crippen molar-refractivity contribution in [2.75, 3.05) is 5.32 Å². The van der Waals surface area contributed by atoms with E-state index in [0.29, 0.717) is 5.71 Å². The minimum absolute atomic E-state index is 0.118. The van der Waals surface area contributed by atoms with E-state index in [4.69, 9.17) is 0 Å². The minimum atomic E-state index is -0.196. The molecule has 5 heteroatoms. The van der Waals surface area contributed by atoms with Gasteiger partial charge in [0.05, 0.1) is 12.8 Å². The van der Waals surface area contributed by atoms with E-state index in [9.17, 15) is 9.59 Å². The van der Waals surface area contributed by atoms with E-state index in [0.717, 1.165) is 30.5 Å². The molecule has 0 aliphatic heterocycles. The third kappa shape index (κ3) is 5.51. The summed E-state index contributed by atoms with van der Waals surface area (Å²) >= 11 is 0. The summed E-state index contributed by atoms with van der Waals surface area (Å²) in [5.41, 5.74) is 7.50. The fourth-order valence-corrected chi connectivity index (χ4v) is 3.34. The first kappa shape index (κ1) is 18.8. The van der Waals surface area contributed by atoms with Gasteiger partial charge >= 0.3 is 0 Å². The summed E-state index contributed by atoms with van der Waals surface area (Å²) in [5, 5.41) is 7.04. The fourth-order valence-electron chi connectivity index (χ4n) is 3.34. The SMILES string of the molecule is C/C(CC(=O)Nc1cccc2c1CCCC2)=N\NC(=O)Cc1ccccc1. The van der Waals surface area contributed by atoms with Crippen molar-refractivity contribution < 1.29 is 9.59 Å². The number of rotatable bonds is 6. The Hall–Kier alpha value is -2.95. The quantitative estimate of drug-likeness (QED) is 0.608. The Labute approximate surface area is 159 Å². The van der Waals surface area contributed by atoms with Crippen LogP contribution >= 0.6 is 0 Å². The van der Waals surface area contributed by atoms with E-state index < -0.39 is 0 Å². The number of carbonyl (C=O) groups is 2. The van der Waals surface area contributed by atoms with Gasteiger partial charge in [-0.1, -0.05) is 42.5 Å². The second kappa shape index (κ2) is 9.12. The van der Waals surface area contributed by atoms with Gasteiger partial charge in [-0.25, -0.2) is 5.43 Å². The molecule has 0 radical (unpaired) electrons. The van der Waals surface area contributed by atoms with Gasteiger partial charge in [0.1, 0.15) is 0 Å². The van der Waals surface area contributed by atoms with Gasteiger partial charge in [0.25, 0.3) is 0 Å². The average Bonchev–Trinajstić information content (AvgIpc) is 2.67. The van der Waals surface area contributed by atoms with Gasteiger partial charge in [-0.05, 0) is 55.4 Å². The minimum Gasteiger partial charge on any atom is -0.325 e. The molecule has 0 heterocycles. The zero-order chi connectivity index (χ0) is 19.1. The number of nitrogens with zero attached hydrogens (tertiary/aromatic N) is 1. The molecule has 3 rings (SSSR count). The van der Waals surface area contributed by atoms with Crippen LogP contribution in [0.15, 0.2) is 53.6 Å². The van der Waals surface area contributed by atoms with Crippen molar-refractivity contribution in [1.82, 2.24) is 5.43 Å². The van der Waals surface area contributed by atoms with Crippen molar-refractivity contribution in [2.24, 2.45) is 5.10 Å². The summed E-state index contributed by atoms with van der Waals surface area (Å²) in [5.74, 6) is -0.314. The molecule has 1 aliphatic carbocycles. The zero-order valence-corrected chi connectivity index (χ0v) is 15.6. The standard InChI is InChI=1S/C22H25N3O2/c1-16(24-25-22(27)15-17-8-3-2-4-9-17)14-21(26)23-20-13-7-11-18-10-5-6-12-19(18)20/h2-4,7-9,11,13H,5-6,10,12,14-15H2,1H3,(H,23,26)(H,25,27)/b24-16+. The normalized spacial score (nSPS) is 13.6. The lowest BCUT2D eigenvalue weighted by molar-refractivity contribution is -0.120. The first-order chi connectivity index (χ1) is 13.1. The van der Waals surface area contributed by atoms with Gasteiger partial charge in [0.2, 0.25) is 11.8 Å². The van der Waals surface area contributed by atoms with Crippen LogP contribution in [-0.4, -0.2) is 17.5 Å². The molecule has 0 saturated heterocycles. The number of benzene rings is 2. The highest BCUT2D eigenvalue weighted by Crippen LogP contribution is 2.27. The van der Waals surface area contributed by atoms with E-state index in [-0.39, 0.29) is 24.7 Å². The number of aryl methyl sites for hydroxylation is 1. The van der Waals surface area contributed by atoms with Gasteiger partial charge in [0, 0.05) is 11.4 Å². The Balaban J connectivity index is 1.52. The first-order valence-corrected chi connectivity index (χ1v) is 9.38. The molecule has 2 amide bonds. The summed E-state index contributed by atoms with van der Waals surface area (Å²) in [4.78, 5) is 24.3. The molecular formula is C22H25N3O2. The lowest BCUT2D eigenvalue weighted by atomic mass is 9.90. The van der Waals surface area contributed by atoms with Gasteiger partial charge in [-0.3, -0.25) is 9.59 Å². The molecule has 0 saturated carbocycles. The van der Waals surface area contributed by atoms with E-state index >= 15 is 0 Å². The number of carbonyl (C=O) groups excluding carboxylic acids is 2. The first-order valence-electron chi connectivity index (χ1n) is 9.38. The largest absolute Gasteiger partial charge is 0.325 e. The van der Waals surface area contributed by atoms with Crippen molar-refractivity contribution in [1.29, 1.82) is 0 Å². The van der Waals surface area contributed by atoms with Crippen molar-refractivity contribution in [3.8, 4) is 0 Å². The Morgan fingerprint density at radius 2 is 1.74 bits per heavy atom. The molecule has 2 aromatic rings. The number of nitrogens with one attached hydrogen (secondary N) is 2. The molecule has 2 aromatic carbocycles. The molecule has 0 aromatic heterocycles. The second-order valence-corrected chi connectivity index (χ2v) is 6.92. The molecule has 1 aliphatic rings. The van der Waals surface area contributed by atoms with Crippen LogP contribution in [0.25, 0.3) is 0 Å². The van der Waals surface area contributed by atoms with Crippen LogP contribution in [0.4, 0.5) is 5.69 Å². The topological polar surface area (TPSA) is 70.6 Å². The van der Waals surface area contributed by atoms with Crippen LogP contribution in [0.1, 0.15) is 42.9 Å². The third-order valence-electron chi connectivity index (χ3n) is 4.67. The Morgan fingerprint density at radius 1 is 0.963 bits per heavy atom. The zero-order valence-electron chi connectivity index (χ0n) is 15.6. The Kier molecular flexibility index (Phi) is 6.36. The summed E-state index contributed by atoms with van der Waals surface area (Å²) in [6, 6.07) is 15.6. The van der Waals surface area contributed by atoms with Gasteiger partial charge in [-0.15, -0.1) is 0 Å². The molecule has 0 bridgehead atoms. The number of anilines is 1. The highest BCUT2D eigenvalue weighted by atomic mass is 16.2. The fraction of sp³-hybridized carbons (Fsp3) is 0.318. The van der Waals surface area contributed by atoms with Crippen LogP contribution in [0, 0.1) is 0 Å². The molecule has 27 heavy (non-hydrogen) atoms. The summed E-state index contributed by atoms with van der Waals surface area (Å²) in [6.07, 6.45) is 4.86. The maximum absolute atomic E-state index is 12.3. The predicted molar refractivity (Wildman–Crippen MR) is 108 cm³/mol. The molecule has 2 N–H and O–H groups in total. The number of hydrazone groups is 1. The van der Waals surface area contributed by atoms with E-state index in [1.807, 2.05) is 42.5 Å². The average molecular weight is 363 g/mol. The summed E-state index contributed by atoms with van der Waals surface area (Å²) < 4.78 is 0. The second-order valence-electron chi connectivity index (χ2n) is 6.92. The molecule has 0 fully saturated rings. The smallest absolute Gasteiger partial charge is 0.244 e. The van der Waals surface area contributed by atoms with E-state index in [1.54, 1.807) is 6.92 Å². The maximum atomic E-state index is 12.3. The predicted octanol–water partition coefficient (Wildman–Crippen LogP) is 3.63. The van der Waals surface area contributed by atoms with Gasteiger partial charge in [-0.2, -0.15) is 5.10 Å². The Morgan fingerprint density at radius 3 is 2.56 bits per heavy atom. The van der Waals surface area contributed by atoms with Crippen LogP contribution in [0.5, 0.6) is 0 Å². The van der Waals surface area contributed by atoms with Crippen LogP contribution in [-0.2, 0) is 28.9 Å². The molecule has 0 atom stereocenters. The highest BCUT2D eigenvalue weighted by molar-refractivity contribution is 6.06. The molecular weight excluding hydrogens is 338 g/mol. The Bertz CT molecular complexity index is 844. The van der Waals surface area contributed by atoms with Crippen LogP contribution < -0.4 is 10.7 Å². The van der Waals surface area contributed by atoms with Crippen LogP contribution in [0.2, 0.25) is 0 Å². The van der Waals surface area contributed by atoms with Gasteiger partial charge in [0.15, 0.2) is 0 Å². The lowest BCUT2D eigenvalue weighted by Crippen LogP contribution is -2.23. The van der Waals surface area contributed by atoms with Gasteiger partial charge < -0.3 is 5.32 Å². The summed E-state index contributed by atoms with van der Waals surface area (Å²) in [7, 11) is 0. The maximum Gasteiger partial charge on any atom is 0.244 e. The monoisotopic (exact) mass is 363 g/mol. The van der Waals surface area contributed by atoms with Crippen LogP contribution in [0.3, 0.4) is 0 Å². The van der Waals surface area contributed by atoms with Crippen molar-refractivity contribution in [3.05, 3.63) is 65.2 Å². The number of amides is 2. The van der Waals surface area contributed by atoms with Crippen molar-refractivity contribution in [2.45, 2.75) is 45.4 Å². The lowest BCUT2D eigenvalue weighted by Gasteiger charge is -2.19. The number of hydrogen-bond donors (Lipinski definition) is 2. The van der Waals surface area contributed by atoms with Crippen molar-refractivity contribution >= 4 is 23.2 Å². The number of hydrogen-bond acceptors (Lipinski definition) is 3. The number of fused-ring (bicyclic) bond motifs is 1. The third-order valence-corrected chi connectivity index (χ3v) is 4.67. The molecule has 5 nitrogen and oxygen atoms in total. The highest BCUT2D eigenvalue weighted by Gasteiger charge is 2.14. The van der Waals surface area contributed by atoms with Crippen molar-refractivity contribution in [3.63, 3.8) is 0 Å². The van der Waals surface area contributed by atoms with E-state index in [2.05, 4.69) is 21.9 Å².